The van der Waals surface area contributed by atoms with Crippen LogP contribution in [0.5, 0.6) is 11.5 Å². The first-order chi connectivity index (χ1) is 23.6. The minimum Gasteiger partial charge on any atom is -0.481 e. The number of hydrogen-bond donors (Lipinski definition) is 3. The van der Waals surface area contributed by atoms with Gasteiger partial charge in [0, 0.05) is 79.9 Å². The summed E-state index contributed by atoms with van der Waals surface area (Å²) >= 11 is 0. The van der Waals surface area contributed by atoms with E-state index < -0.39 is 48.8 Å². The summed E-state index contributed by atoms with van der Waals surface area (Å²) in [6, 6.07) is 7.42. The maximum Gasteiger partial charge on any atom is 0.303 e. The topological polar surface area (TPSA) is 179 Å². The van der Waals surface area contributed by atoms with Gasteiger partial charge in [-0.2, -0.15) is 16.8 Å². The molecule has 0 amide bonds. The number of likely N-dealkylation sites (N-methyl/N-ethyl adjacent to an activating group) is 2. The molecule has 4 heterocycles. The van der Waals surface area contributed by atoms with E-state index in [-0.39, 0.29) is 6.42 Å². The number of benzene rings is 2. The fourth-order valence-corrected chi connectivity index (χ4v) is 8.44. The quantitative estimate of drug-likeness (QED) is 0.116. The van der Waals surface area contributed by atoms with E-state index in [9.17, 15) is 30.7 Å². The van der Waals surface area contributed by atoms with Gasteiger partial charge in [0.2, 0.25) is 5.36 Å². The second-order valence-corrected chi connectivity index (χ2v) is 17.5. The molecule has 0 saturated carbocycles. The molecule has 51 heavy (non-hydrogen) atoms. The van der Waals surface area contributed by atoms with Crippen LogP contribution < -0.4 is 24.8 Å². The predicted molar refractivity (Wildman–Crippen MR) is 195 cm³/mol. The maximum atomic E-state index is 12.2. The maximum absolute atomic E-state index is 12.2. The Bertz CT molecular complexity index is 2390. The summed E-state index contributed by atoms with van der Waals surface area (Å²) in [5.74, 6) is -0.457. The van der Waals surface area contributed by atoms with Crippen molar-refractivity contribution in [2.24, 2.45) is 0 Å². The van der Waals surface area contributed by atoms with Gasteiger partial charge in [-0.25, -0.2) is 9.56 Å². The monoisotopic (exact) mass is 739 g/mol. The van der Waals surface area contributed by atoms with E-state index >= 15 is 0 Å². The largest absolute Gasteiger partial charge is 0.481 e. The van der Waals surface area contributed by atoms with Crippen molar-refractivity contribution in [3.63, 3.8) is 0 Å². The first-order valence-corrected chi connectivity index (χ1v) is 19.8. The zero-order valence-electron chi connectivity index (χ0n) is 29.5. The summed E-state index contributed by atoms with van der Waals surface area (Å²) in [6.07, 6.45) is 9.16. The molecule has 0 fully saturated rings. The first kappa shape index (κ1) is 36.5. The molecule has 272 valence electrons. The number of anilines is 1. The van der Waals surface area contributed by atoms with Crippen LogP contribution in [0, 0.1) is 0 Å². The van der Waals surface area contributed by atoms with Crippen molar-refractivity contribution in [3.05, 3.63) is 81.9 Å². The highest BCUT2D eigenvalue weighted by Crippen LogP contribution is 2.46. The molecular formula is C36H43N4O9S2+. The SMILES string of the molecule is CN1c2cc3c(cc2C(CS(=O)(=O)O)=CC1(C)C)C(c1nccn1CCCCCC(=O)O)=c1cc2c(cc1O3)=[N+](C)C(C)(C)C=C2CS(=O)(=O)O. The van der Waals surface area contributed by atoms with Gasteiger partial charge in [0.15, 0.2) is 5.54 Å². The average Bonchev–Trinajstić information content (AvgIpc) is 3.45. The van der Waals surface area contributed by atoms with Crippen LogP contribution in [0.3, 0.4) is 0 Å². The highest BCUT2D eigenvalue weighted by Gasteiger charge is 2.37. The fraction of sp³-hybridized carbons (Fsp3) is 0.417. The summed E-state index contributed by atoms with van der Waals surface area (Å²) in [7, 11) is -4.98. The highest BCUT2D eigenvalue weighted by atomic mass is 32.2. The summed E-state index contributed by atoms with van der Waals surface area (Å²) in [5.41, 5.74) is 2.83. The lowest BCUT2D eigenvalue weighted by molar-refractivity contribution is -0.137. The minimum atomic E-state index is -4.39. The third-order valence-electron chi connectivity index (χ3n) is 10.1. The lowest BCUT2D eigenvalue weighted by Gasteiger charge is -2.41. The Labute approximate surface area is 297 Å². The van der Waals surface area contributed by atoms with Crippen LogP contribution >= 0.6 is 0 Å². The van der Waals surface area contributed by atoms with E-state index in [1.165, 1.54) is 0 Å². The molecule has 13 nitrogen and oxygen atoms in total. The molecule has 0 atom stereocenters. The van der Waals surface area contributed by atoms with E-state index in [0.29, 0.717) is 92.8 Å². The Kier molecular flexibility index (Phi) is 9.10. The van der Waals surface area contributed by atoms with Crippen molar-refractivity contribution in [2.45, 2.75) is 71.0 Å². The third-order valence-corrected chi connectivity index (χ3v) is 11.4. The van der Waals surface area contributed by atoms with Gasteiger partial charge in [0.25, 0.3) is 20.2 Å². The van der Waals surface area contributed by atoms with Gasteiger partial charge >= 0.3 is 5.97 Å². The van der Waals surface area contributed by atoms with Gasteiger partial charge in [-0.1, -0.05) is 12.5 Å². The molecule has 0 saturated heterocycles. The van der Waals surface area contributed by atoms with Crippen LogP contribution in [0.15, 0.2) is 48.8 Å². The van der Waals surface area contributed by atoms with E-state index in [1.807, 2.05) is 98.4 Å². The van der Waals surface area contributed by atoms with Crippen molar-refractivity contribution >= 4 is 48.6 Å². The number of unbranched alkanes of at least 4 members (excludes halogenated alkanes) is 2. The van der Waals surface area contributed by atoms with Crippen LogP contribution in [0.25, 0.3) is 16.7 Å². The number of carbonyl (C=O) groups is 1. The normalized spacial score (nSPS) is 17.5. The number of aliphatic carboxylic acids is 1. The van der Waals surface area contributed by atoms with Crippen LogP contribution in [0.4, 0.5) is 5.69 Å². The van der Waals surface area contributed by atoms with E-state index in [1.54, 1.807) is 6.20 Å². The van der Waals surface area contributed by atoms with Crippen molar-refractivity contribution in [1.82, 2.24) is 14.1 Å². The Morgan fingerprint density at radius 1 is 0.882 bits per heavy atom. The highest BCUT2D eigenvalue weighted by molar-refractivity contribution is 7.86. The summed E-state index contributed by atoms with van der Waals surface area (Å²) in [4.78, 5) is 17.9. The molecule has 3 N–H and O–H groups in total. The number of carboxylic acid groups (broad SMARTS) is 1. The molecule has 3 aliphatic heterocycles. The Hall–Kier alpha value is -4.31. The van der Waals surface area contributed by atoms with Gasteiger partial charge in [-0.05, 0) is 56.0 Å². The fourth-order valence-electron chi connectivity index (χ4n) is 7.18. The number of nitrogens with zero attached hydrogens (tertiary/aromatic N) is 4. The molecule has 15 heteroatoms. The predicted octanol–water partition coefficient (Wildman–Crippen LogP) is 3.57. The molecule has 6 rings (SSSR count). The summed E-state index contributed by atoms with van der Waals surface area (Å²) in [6.45, 7) is 8.32. The summed E-state index contributed by atoms with van der Waals surface area (Å²) < 4.78 is 79.5. The average molecular weight is 740 g/mol. The van der Waals surface area contributed by atoms with Crippen molar-refractivity contribution in [3.8, 4) is 11.5 Å². The smallest absolute Gasteiger partial charge is 0.303 e. The Morgan fingerprint density at radius 2 is 1.55 bits per heavy atom. The lowest BCUT2D eigenvalue weighted by Crippen LogP contribution is -2.47. The van der Waals surface area contributed by atoms with E-state index in [0.717, 1.165) is 0 Å². The molecule has 0 spiro atoms. The number of hydrogen-bond acceptors (Lipinski definition) is 8. The molecule has 0 aliphatic carbocycles. The van der Waals surface area contributed by atoms with Gasteiger partial charge in [-0.15, -0.1) is 0 Å². The molecule has 0 unspecified atom stereocenters. The van der Waals surface area contributed by atoms with Crippen molar-refractivity contribution < 1.29 is 40.6 Å². The number of ether oxygens (including phenoxy) is 1. The van der Waals surface area contributed by atoms with Gasteiger partial charge in [-0.3, -0.25) is 13.9 Å². The Balaban J connectivity index is 1.64. The number of imidazole rings is 1. The molecule has 0 bridgehead atoms. The van der Waals surface area contributed by atoms with E-state index in [4.69, 9.17) is 14.8 Å². The van der Waals surface area contributed by atoms with Crippen molar-refractivity contribution in [2.75, 3.05) is 30.5 Å². The first-order valence-electron chi connectivity index (χ1n) is 16.6. The van der Waals surface area contributed by atoms with Crippen LogP contribution in [0.2, 0.25) is 0 Å². The number of fused-ring (bicyclic) bond motifs is 4. The molecule has 2 aromatic carbocycles. The molecular weight excluding hydrogens is 697 g/mol. The van der Waals surface area contributed by atoms with Gasteiger partial charge in [0.05, 0.1) is 17.2 Å². The molecule has 1 aromatic heterocycles. The third kappa shape index (κ3) is 7.25. The molecule has 3 aliphatic rings. The number of aryl methyl sites for hydroxylation is 1. The van der Waals surface area contributed by atoms with E-state index in [2.05, 4.69) is 0 Å². The number of aromatic nitrogens is 2. The van der Waals surface area contributed by atoms with Crippen LogP contribution in [0.1, 0.15) is 75.9 Å². The van der Waals surface area contributed by atoms with Crippen molar-refractivity contribution in [1.29, 1.82) is 0 Å². The minimum absolute atomic E-state index is 0.0811. The molecule has 0 radical (unpaired) electrons. The zero-order valence-corrected chi connectivity index (χ0v) is 31.1. The second kappa shape index (κ2) is 12.7. The lowest BCUT2D eigenvalue weighted by atomic mass is 9.85. The number of carboxylic acids is 1. The number of rotatable bonds is 11. The van der Waals surface area contributed by atoms with Gasteiger partial charge < -0.3 is 19.3 Å². The zero-order chi connectivity index (χ0) is 37.3. The second-order valence-electron chi connectivity index (χ2n) is 14.6. The Morgan fingerprint density at radius 3 is 2.20 bits per heavy atom. The van der Waals surface area contributed by atoms with Crippen LogP contribution in [-0.2, 0) is 31.6 Å². The summed E-state index contributed by atoms with van der Waals surface area (Å²) in [5, 5.41) is 10.4. The van der Waals surface area contributed by atoms with Gasteiger partial charge in [0.1, 0.15) is 35.9 Å². The standard InChI is InChI=1S/C36H42N4O9S2/c1-35(2)18-22(20-50(43,44)45)24-14-26-30(16-28(24)38(35)5)49-31-17-29-25(23(21-51(46,47)48)19-36(3,4)39(29)6)15-27(31)33(26)34-37-11-13-40(34)12-9-7-8-10-32(41)42/h11,13-19H,7-10,12,20-21H2,1-6H3,(H2-,41,42,43,44,45,46,47,48)/p+1. The van der Waals surface area contributed by atoms with Crippen LogP contribution in [-0.4, -0.2) is 83.2 Å². The molecule has 3 aromatic rings.